The normalized spacial score (nSPS) is 10.9. The molecule has 0 aliphatic carbocycles. The molecule has 3 heterocycles. The highest BCUT2D eigenvalue weighted by molar-refractivity contribution is 7.15. The van der Waals surface area contributed by atoms with Crippen molar-refractivity contribution in [2.45, 2.75) is 0 Å². The average Bonchev–Trinajstić information content (AvgIpc) is 3.36. The van der Waals surface area contributed by atoms with Gasteiger partial charge in [0, 0.05) is 23.5 Å². The van der Waals surface area contributed by atoms with E-state index in [1.54, 1.807) is 36.5 Å². The van der Waals surface area contributed by atoms with Gasteiger partial charge in [0.1, 0.15) is 5.69 Å². The summed E-state index contributed by atoms with van der Waals surface area (Å²) in [6.45, 7) is 0. The molecule has 2 aromatic carbocycles. The second-order valence-electron chi connectivity index (χ2n) is 6.56. The monoisotopic (exact) mass is 446 g/mol. The Bertz CT molecular complexity index is 1380. The van der Waals surface area contributed by atoms with Gasteiger partial charge in [-0.2, -0.15) is 0 Å². The van der Waals surface area contributed by atoms with E-state index in [1.807, 2.05) is 46.3 Å². The van der Waals surface area contributed by atoms with E-state index in [0.29, 0.717) is 33.7 Å². The maximum absolute atomic E-state index is 12.8. The van der Waals surface area contributed by atoms with Crippen LogP contribution in [0.15, 0.2) is 78.4 Å². The first-order valence-electron chi connectivity index (χ1n) is 9.36. The van der Waals surface area contributed by atoms with E-state index in [1.165, 1.54) is 11.3 Å². The lowest BCUT2D eigenvalue weighted by atomic mass is 10.2. The number of carbonyl (C=O) groups excluding carboxylic acids is 1. The third kappa shape index (κ3) is 3.86. The van der Waals surface area contributed by atoms with E-state index in [2.05, 4.69) is 25.6 Å². The summed E-state index contributed by atoms with van der Waals surface area (Å²) in [5, 5.41) is 8.37. The van der Waals surface area contributed by atoms with Crippen molar-refractivity contribution in [3.8, 4) is 11.4 Å². The second kappa shape index (κ2) is 8.17. The molecule has 5 aromatic rings. The smallest absolute Gasteiger partial charge is 0.258 e. The zero-order valence-corrected chi connectivity index (χ0v) is 17.6. The summed E-state index contributed by atoms with van der Waals surface area (Å²) in [5.74, 6) is 0.507. The number of rotatable bonds is 5. The lowest BCUT2D eigenvalue weighted by Crippen LogP contribution is -2.13. The van der Waals surface area contributed by atoms with Gasteiger partial charge in [0.05, 0.1) is 16.3 Å². The lowest BCUT2D eigenvalue weighted by Gasteiger charge is -2.09. The number of halogens is 1. The molecule has 31 heavy (non-hydrogen) atoms. The molecular weight excluding hydrogens is 432 g/mol. The van der Waals surface area contributed by atoms with Gasteiger partial charge >= 0.3 is 0 Å². The largest absolute Gasteiger partial charge is 0.324 e. The molecule has 0 bridgehead atoms. The molecule has 9 heteroatoms. The van der Waals surface area contributed by atoms with Crippen molar-refractivity contribution in [3.63, 3.8) is 0 Å². The first-order chi connectivity index (χ1) is 15.2. The lowest BCUT2D eigenvalue weighted by molar-refractivity contribution is 0.102. The van der Waals surface area contributed by atoms with Crippen LogP contribution in [0.3, 0.4) is 0 Å². The fourth-order valence-electron chi connectivity index (χ4n) is 3.14. The van der Waals surface area contributed by atoms with Crippen LogP contribution in [0.4, 0.5) is 17.5 Å². The van der Waals surface area contributed by atoms with Crippen LogP contribution >= 0.6 is 22.9 Å². The minimum atomic E-state index is -0.339. The zero-order chi connectivity index (χ0) is 21.2. The molecule has 3 aromatic heterocycles. The number of fused-ring (bicyclic) bond motifs is 1. The molecule has 0 radical (unpaired) electrons. The van der Waals surface area contributed by atoms with Crippen molar-refractivity contribution in [1.29, 1.82) is 0 Å². The van der Waals surface area contributed by atoms with Crippen LogP contribution in [0.1, 0.15) is 10.4 Å². The SMILES string of the molecule is O=C(Nc1nc2sccn2c1-c1ccnc(Nc2ccccc2)n1)c1ccccc1Cl. The Balaban J connectivity index is 1.53. The van der Waals surface area contributed by atoms with Gasteiger partial charge in [-0.15, -0.1) is 11.3 Å². The predicted molar refractivity (Wildman–Crippen MR) is 123 cm³/mol. The van der Waals surface area contributed by atoms with E-state index >= 15 is 0 Å². The van der Waals surface area contributed by atoms with Crippen LogP contribution in [0.25, 0.3) is 16.3 Å². The Morgan fingerprint density at radius 1 is 1.00 bits per heavy atom. The van der Waals surface area contributed by atoms with Crippen molar-refractivity contribution in [1.82, 2.24) is 19.4 Å². The Kier molecular flexibility index (Phi) is 5.07. The van der Waals surface area contributed by atoms with Gasteiger partial charge in [-0.3, -0.25) is 9.20 Å². The summed E-state index contributed by atoms with van der Waals surface area (Å²) in [5.41, 5.74) is 2.53. The maximum atomic E-state index is 12.8. The van der Waals surface area contributed by atoms with Crippen LogP contribution in [0.5, 0.6) is 0 Å². The number of carbonyl (C=O) groups is 1. The number of nitrogens with one attached hydrogen (secondary N) is 2. The summed E-state index contributed by atoms with van der Waals surface area (Å²) in [6.07, 6.45) is 3.55. The molecule has 5 rings (SSSR count). The van der Waals surface area contributed by atoms with E-state index in [4.69, 9.17) is 11.6 Å². The third-order valence-corrected chi connectivity index (χ3v) is 5.63. The molecular formula is C22H15ClN6OS. The number of benzene rings is 2. The molecule has 0 aliphatic rings. The Hall–Kier alpha value is -3.75. The molecule has 152 valence electrons. The molecule has 0 saturated carbocycles. The number of anilines is 3. The van der Waals surface area contributed by atoms with E-state index in [9.17, 15) is 4.79 Å². The minimum absolute atomic E-state index is 0.339. The summed E-state index contributed by atoms with van der Waals surface area (Å²) in [7, 11) is 0. The second-order valence-corrected chi connectivity index (χ2v) is 7.84. The van der Waals surface area contributed by atoms with E-state index in [-0.39, 0.29) is 5.91 Å². The van der Waals surface area contributed by atoms with Gasteiger partial charge in [0.2, 0.25) is 5.95 Å². The van der Waals surface area contributed by atoms with Crippen LogP contribution in [0.2, 0.25) is 5.02 Å². The van der Waals surface area contributed by atoms with Gasteiger partial charge in [-0.25, -0.2) is 15.0 Å². The van der Waals surface area contributed by atoms with Crippen LogP contribution in [0, 0.1) is 0 Å². The topological polar surface area (TPSA) is 84.2 Å². The summed E-state index contributed by atoms with van der Waals surface area (Å²) in [4.78, 5) is 27.1. The number of nitrogens with zero attached hydrogens (tertiary/aromatic N) is 4. The molecule has 2 N–H and O–H groups in total. The van der Waals surface area contributed by atoms with Gasteiger partial charge in [-0.05, 0) is 30.3 Å². The molecule has 7 nitrogen and oxygen atoms in total. The first kappa shape index (κ1) is 19.2. The number of hydrogen-bond donors (Lipinski definition) is 2. The quantitative estimate of drug-likeness (QED) is 0.372. The van der Waals surface area contributed by atoms with Crippen LogP contribution in [-0.4, -0.2) is 25.3 Å². The summed E-state index contributed by atoms with van der Waals surface area (Å²) >= 11 is 7.65. The van der Waals surface area contributed by atoms with Gasteiger partial charge < -0.3 is 10.6 Å². The van der Waals surface area contributed by atoms with Gasteiger partial charge in [0.25, 0.3) is 5.91 Å². The molecule has 0 atom stereocenters. The van der Waals surface area contributed by atoms with Gasteiger partial charge in [0.15, 0.2) is 10.8 Å². The van der Waals surface area contributed by atoms with E-state index < -0.39 is 0 Å². The number of hydrogen-bond acceptors (Lipinski definition) is 6. The Morgan fingerprint density at radius 3 is 2.65 bits per heavy atom. The molecule has 0 fully saturated rings. The number of thiazole rings is 1. The molecule has 0 aliphatic heterocycles. The summed E-state index contributed by atoms with van der Waals surface area (Å²) < 4.78 is 1.89. The molecule has 1 amide bonds. The maximum Gasteiger partial charge on any atom is 0.258 e. The minimum Gasteiger partial charge on any atom is -0.324 e. The van der Waals surface area contributed by atoms with Crippen molar-refractivity contribution in [2.75, 3.05) is 10.6 Å². The Labute approximate surface area is 186 Å². The van der Waals surface area contributed by atoms with Crippen molar-refractivity contribution >= 4 is 51.3 Å². The number of aromatic nitrogens is 4. The predicted octanol–water partition coefficient (Wildman–Crippen LogP) is 5.50. The molecule has 0 saturated heterocycles. The zero-order valence-electron chi connectivity index (χ0n) is 16.0. The van der Waals surface area contributed by atoms with Gasteiger partial charge in [-0.1, -0.05) is 41.9 Å². The van der Waals surface area contributed by atoms with Crippen molar-refractivity contribution < 1.29 is 4.79 Å². The highest BCUT2D eigenvalue weighted by Gasteiger charge is 2.20. The first-order valence-corrected chi connectivity index (χ1v) is 10.6. The highest BCUT2D eigenvalue weighted by Crippen LogP contribution is 2.31. The number of amides is 1. The summed E-state index contributed by atoms with van der Waals surface area (Å²) in [6, 6.07) is 18.3. The fraction of sp³-hybridized carbons (Fsp3) is 0. The number of imidazole rings is 1. The number of para-hydroxylation sites is 1. The van der Waals surface area contributed by atoms with Crippen LogP contribution in [-0.2, 0) is 0 Å². The molecule has 0 unspecified atom stereocenters. The standard InChI is InChI=1S/C22H15ClN6OS/c23-16-9-5-4-8-15(16)20(30)27-19-18(29-12-13-31-22(29)28-19)17-10-11-24-21(26-17)25-14-6-2-1-3-7-14/h1-13H,(H,27,30)(H,24,25,26). The molecule has 0 spiro atoms. The van der Waals surface area contributed by atoms with E-state index in [0.717, 1.165) is 10.6 Å². The Morgan fingerprint density at radius 2 is 1.81 bits per heavy atom. The van der Waals surface area contributed by atoms with Crippen molar-refractivity contribution in [3.05, 3.63) is 89.0 Å². The highest BCUT2D eigenvalue weighted by atomic mass is 35.5. The average molecular weight is 447 g/mol. The fourth-order valence-corrected chi connectivity index (χ4v) is 4.07. The van der Waals surface area contributed by atoms with Crippen LogP contribution < -0.4 is 10.6 Å². The third-order valence-electron chi connectivity index (χ3n) is 4.54. The van der Waals surface area contributed by atoms with Crippen molar-refractivity contribution in [2.24, 2.45) is 0 Å².